The minimum atomic E-state index is 0.0643. The van der Waals surface area contributed by atoms with E-state index in [1.165, 1.54) is 19.3 Å². The van der Waals surface area contributed by atoms with Crippen molar-refractivity contribution >= 4 is 5.71 Å². The SMILES string of the molecule is CC.CCCCC1(CCC)CC(C)=NO1. The molecule has 0 aromatic heterocycles. The molecule has 0 N–H and O–H groups in total. The van der Waals surface area contributed by atoms with Crippen molar-refractivity contribution in [2.24, 2.45) is 5.16 Å². The zero-order valence-electron chi connectivity index (χ0n) is 11.1. The number of hydrogen-bond donors (Lipinski definition) is 0. The summed E-state index contributed by atoms with van der Waals surface area (Å²) in [6.45, 7) is 10.5. The summed E-state index contributed by atoms with van der Waals surface area (Å²) in [6.07, 6.45) is 7.04. The first kappa shape index (κ1) is 14.5. The average Bonchev–Trinajstić information content (AvgIpc) is 2.61. The van der Waals surface area contributed by atoms with Crippen LogP contribution in [0.1, 0.15) is 73.1 Å². The van der Waals surface area contributed by atoms with Gasteiger partial charge in [-0.25, -0.2) is 0 Å². The Morgan fingerprint density at radius 1 is 1.20 bits per heavy atom. The molecule has 0 saturated heterocycles. The summed E-state index contributed by atoms with van der Waals surface area (Å²) in [5.74, 6) is 0. The van der Waals surface area contributed by atoms with Crippen LogP contribution in [0, 0.1) is 0 Å². The predicted molar refractivity (Wildman–Crippen MR) is 67.3 cm³/mol. The van der Waals surface area contributed by atoms with Gasteiger partial charge in [-0.3, -0.25) is 0 Å². The highest BCUT2D eigenvalue weighted by molar-refractivity contribution is 5.83. The van der Waals surface area contributed by atoms with Crippen LogP contribution in [-0.4, -0.2) is 11.3 Å². The van der Waals surface area contributed by atoms with Crippen LogP contribution < -0.4 is 0 Å². The van der Waals surface area contributed by atoms with Gasteiger partial charge in [-0.2, -0.15) is 0 Å². The van der Waals surface area contributed by atoms with E-state index in [1.807, 2.05) is 13.8 Å². The van der Waals surface area contributed by atoms with Gasteiger partial charge in [0.15, 0.2) is 0 Å². The van der Waals surface area contributed by atoms with Crippen LogP contribution in [0.15, 0.2) is 5.16 Å². The van der Waals surface area contributed by atoms with Crippen molar-refractivity contribution < 1.29 is 4.84 Å². The summed E-state index contributed by atoms with van der Waals surface area (Å²) in [6, 6.07) is 0. The van der Waals surface area contributed by atoms with Gasteiger partial charge in [-0.1, -0.05) is 45.7 Å². The van der Waals surface area contributed by atoms with Gasteiger partial charge >= 0.3 is 0 Å². The van der Waals surface area contributed by atoms with E-state index in [-0.39, 0.29) is 5.60 Å². The van der Waals surface area contributed by atoms with Gasteiger partial charge in [0.1, 0.15) is 5.60 Å². The first-order chi connectivity index (χ1) is 7.22. The second-order valence-electron chi connectivity index (χ2n) is 4.13. The van der Waals surface area contributed by atoms with Gasteiger partial charge in [-0.05, 0) is 26.2 Å². The summed E-state index contributed by atoms with van der Waals surface area (Å²) in [4.78, 5) is 5.58. The van der Waals surface area contributed by atoms with E-state index in [0.717, 1.165) is 25.0 Å². The minimum Gasteiger partial charge on any atom is -0.389 e. The van der Waals surface area contributed by atoms with E-state index in [9.17, 15) is 0 Å². The third-order valence-corrected chi connectivity index (χ3v) is 2.66. The average molecular weight is 213 g/mol. The Bertz CT molecular complexity index is 189. The van der Waals surface area contributed by atoms with E-state index >= 15 is 0 Å². The van der Waals surface area contributed by atoms with Crippen molar-refractivity contribution in [1.82, 2.24) is 0 Å². The van der Waals surface area contributed by atoms with Gasteiger partial charge in [0.2, 0.25) is 0 Å². The largest absolute Gasteiger partial charge is 0.389 e. The second kappa shape index (κ2) is 7.72. The molecule has 2 heteroatoms. The first-order valence-corrected chi connectivity index (χ1v) is 6.44. The second-order valence-corrected chi connectivity index (χ2v) is 4.13. The first-order valence-electron chi connectivity index (χ1n) is 6.44. The molecule has 0 bridgehead atoms. The van der Waals surface area contributed by atoms with Crippen LogP contribution >= 0.6 is 0 Å². The van der Waals surface area contributed by atoms with Crippen LogP contribution in [0.4, 0.5) is 0 Å². The molecule has 0 radical (unpaired) electrons. The maximum Gasteiger partial charge on any atom is 0.143 e. The standard InChI is InChI=1S/C11H21NO.C2H6/c1-4-6-8-11(7-5-2)9-10(3)12-13-11;1-2/h4-9H2,1-3H3;1-2H3. The van der Waals surface area contributed by atoms with E-state index in [0.29, 0.717) is 0 Å². The highest BCUT2D eigenvalue weighted by atomic mass is 16.7. The molecule has 1 unspecified atom stereocenters. The summed E-state index contributed by atoms with van der Waals surface area (Å²) < 4.78 is 0. The van der Waals surface area contributed by atoms with E-state index in [2.05, 4.69) is 25.9 Å². The monoisotopic (exact) mass is 213 g/mol. The van der Waals surface area contributed by atoms with Gasteiger partial charge in [0, 0.05) is 6.42 Å². The zero-order valence-corrected chi connectivity index (χ0v) is 11.1. The van der Waals surface area contributed by atoms with Crippen LogP contribution in [0.2, 0.25) is 0 Å². The quantitative estimate of drug-likeness (QED) is 0.657. The molecule has 15 heavy (non-hydrogen) atoms. The zero-order chi connectivity index (χ0) is 11.7. The van der Waals surface area contributed by atoms with Crippen LogP contribution in [0.25, 0.3) is 0 Å². The third-order valence-electron chi connectivity index (χ3n) is 2.66. The molecule has 0 fully saturated rings. The lowest BCUT2D eigenvalue weighted by atomic mass is 9.87. The van der Waals surface area contributed by atoms with Crippen LogP contribution in [0.3, 0.4) is 0 Å². The number of nitrogens with zero attached hydrogens (tertiary/aromatic N) is 1. The molecule has 0 saturated carbocycles. The number of unbranched alkanes of at least 4 members (excludes halogenated alkanes) is 1. The lowest BCUT2D eigenvalue weighted by molar-refractivity contribution is -0.0334. The lowest BCUT2D eigenvalue weighted by Crippen LogP contribution is -2.28. The lowest BCUT2D eigenvalue weighted by Gasteiger charge is -2.25. The van der Waals surface area contributed by atoms with Gasteiger partial charge in [-0.15, -0.1) is 0 Å². The Balaban J connectivity index is 0.000000921. The van der Waals surface area contributed by atoms with Crippen LogP contribution in [0.5, 0.6) is 0 Å². The Hall–Kier alpha value is -0.530. The Labute approximate surface area is 95.1 Å². The summed E-state index contributed by atoms with van der Waals surface area (Å²) in [7, 11) is 0. The number of rotatable bonds is 5. The molecule has 0 spiro atoms. The van der Waals surface area contributed by atoms with Crippen LogP contribution in [-0.2, 0) is 4.84 Å². The number of oxime groups is 1. The summed E-state index contributed by atoms with van der Waals surface area (Å²) >= 11 is 0. The van der Waals surface area contributed by atoms with Gasteiger partial charge < -0.3 is 4.84 Å². The fourth-order valence-electron chi connectivity index (χ4n) is 2.05. The molecule has 0 aromatic carbocycles. The molecule has 90 valence electrons. The fraction of sp³-hybridized carbons (Fsp3) is 0.923. The van der Waals surface area contributed by atoms with Crippen molar-refractivity contribution in [3.63, 3.8) is 0 Å². The molecule has 1 aliphatic rings. The third kappa shape index (κ3) is 4.67. The topological polar surface area (TPSA) is 21.6 Å². The summed E-state index contributed by atoms with van der Waals surface area (Å²) in [5, 5.41) is 4.08. The van der Waals surface area contributed by atoms with Crippen molar-refractivity contribution in [2.45, 2.75) is 78.7 Å². The smallest absolute Gasteiger partial charge is 0.143 e. The Morgan fingerprint density at radius 2 is 1.87 bits per heavy atom. The maximum absolute atomic E-state index is 5.58. The Kier molecular flexibility index (Phi) is 7.45. The molecule has 2 nitrogen and oxygen atoms in total. The maximum atomic E-state index is 5.58. The van der Waals surface area contributed by atoms with Crippen molar-refractivity contribution in [2.75, 3.05) is 0 Å². The molecule has 0 amide bonds. The van der Waals surface area contributed by atoms with Crippen molar-refractivity contribution in [1.29, 1.82) is 0 Å². The minimum absolute atomic E-state index is 0.0643. The van der Waals surface area contributed by atoms with Crippen molar-refractivity contribution in [3.05, 3.63) is 0 Å². The van der Waals surface area contributed by atoms with E-state index < -0.39 is 0 Å². The summed E-state index contributed by atoms with van der Waals surface area (Å²) in [5.41, 5.74) is 1.22. The van der Waals surface area contributed by atoms with Gasteiger partial charge in [0.25, 0.3) is 0 Å². The molecular formula is C13H27NO. The highest BCUT2D eigenvalue weighted by Gasteiger charge is 2.35. The van der Waals surface area contributed by atoms with E-state index in [4.69, 9.17) is 4.84 Å². The Morgan fingerprint density at radius 3 is 2.27 bits per heavy atom. The van der Waals surface area contributed by atoms with Gasteiger partial charge in [0.05, 0.1) is 5.71 Å². The van der Waals surface area contributed by atoms with E-state index in [1.54, 1.807) is 0 Å². The molecule has 1 heterocycles. The normalized spacial score (nSPS) is 23.9. The molecular weight excluding hydrogens is 186 g/mol. The number of hydrogen-bond acceptors (Lipinski definition) is 2. The molecule has 1 atom stereocenters. The molecule has 1 aliphatic heterocycles. The molecule has 0 aromatic rings. The fourth-order valence-corrected chi connectivity index (χ4v) is 2.05. The van der Waals surface area contributed by atoms with Crippen molar-refractivity contribution in [3.8, 4) is 0 Å². The molecule has 1 rings (SSSR count). The molecule has 0 aliphatic carbocycles. The predicted octanol–water partition coefficient (Wildman–Crippen LogP) is 4.54. The highest BCUT2D eigenvalue weighted by Crippen LogP contribution is 2.33.